The number of halogens is 4. The number of carbonyl (C=O) groups is 1. The molecule has 0 aliphatic rings. The second-order valence-corrected chi connectivity index (χ2v) is 9.68. The number of pyridine rings is 1. The molecule has 0 aliphatic carbocycles. The molecule has 0 spiro atoms. The van der Waals surface area contributed by atoms with E-state index in [1.807, 2.05) is 0 Å². The summed E-state index contributed by atoms with van der Waals surface area (Å²) in [7, 11) is -4.18. The highest BCUT2D eigenvalue weighted by Crippen LogP contribution is 2.37. The largest absolute Gasteiger partial charge is 0.417 e. The molecule has 33 heavy (non-hydrogen) atoms. The number of hydrogen-bond donors (Lipinski definition) is 0. The Morgan fingerprint density at radius 2 is 1.70 bits per heavy atom. The smallest absolute Gasteiger partial charge is 0.306 e. The molecule has 2 heterocycles. The second-order valence-electron chi connectivity index (χ2n) is 7.32. The predicted molar refractivity (Wildman–Crippen MR) is 116 cm³/mol. The molecule has 0 saturated heterocycles. The Hall–Kier alpha value is -3.17. The van der Waals surface area contributed by atoms with Crippen LogP contribution in [0.1, 0.15) is 27.9 Å². The lowest BCUT2D eigenvalue weighted by Gasteiger charge is -2.12. The zero-order valence-electron chi connectivity index (χ0n) is 16.9. The Morgan fingerprint density at radius 3 is 2.39 bits per heavy atom. The quantitative estimate of drug-likeness (QED) is 0.326. The van der Waals surface area contributed by atoms with E-state index in [9.17, 15) is 26.4 Å². The molecule has 5 nitrogen and oxygen atoms in total. The number of aryl methyl sites for hydroxylation is 1. The van der Waals surface area contributed by atoms with Crippen LogP contribution < -0.4 is 0 Å². The van der Waals surface area contributed by atoms with Crippen molar-refractivity contribution in [2.45, 2.75) is 28.8 Å². The highest BCUT2D eigenvalue weighted by Gasteiger charge is 2.34. The molecule has 4 rings (SSSR count). The molecule has 10 heteroatoms. The van der Waals surface area contributed by atoms with Gasteiger partial charge in [0.25, 0.3) is 0 Å². The molecule has 4 aromatic rings. The third kappa shape index (κ3) is 4.79. The first-order chi connectivity index (χ1) is 15.6. The molecular weight excluding hydrogens is 477 g/mol. The summed E-state index contributed by atoms with van der Waals surface area (Å²) >= 11 is 5.58. The number of Topliss-reactive ketones (excluding diaryl/α,β-unsaturated/α-hetero) is 1. The van der Waals surface area contributed by atoms with E-state index in [1.165, 1.54) is 12.1 Å². The Morgan fingerprint density at radius 1 is 1.00 bits per heavy atom. The van der Waals surface area contributed by atoms with Crippen LogP contribution in [0.25, 0.3) is 5.65 Å². The number of nitrogens with zero attached hydrogens (tertiary/aromatic N) is 2. The van der Waals surface area contributed by atoms with Gasteiger partial charge >= 0.3 is 6.18 Å². The van der Waals surface area contributed by atoms with Crippen molar-refractivity contribution in [3.05, 3.63) is 94.9 Å². The van der Waals surface area contributed by atoms with E-state index in [0.29, 0.717) is 18.1 Å². The van der Waals surface area contributed by atoms with Gasteiger partial charge in [0.2, 0.25) is 9.84 Å². The summed E-state index contributed by atoms with van der Waals surface area (Å²) in [5, 5.41) is -0.575. The van der Waals surface area contributed by atoms with Gasteiger partial charge in [0.1, 0.15) is 5.65 Å². The number of aromatic nitrogens is 2. The number of alkyl halides is 3. The zero-order chi connectivity index (χ0) is 23.8. The number of hydrogen-bond acceptors (Lipinski definition) is 4. The molecule has 0 radical (unpaired) electrons. The van der Waals surface area contributed by atoms with E-state index in [4.69, 9.17) is 11.6 Å². The molecule has 0 amide bonds. The number of carbonyl (C=O) groups excluding carboxylic acids is 1. The van der Waals surface area contributed by atoms with Gasteiger partial charge in [-0.25, -0.2) is 13.4 Å². The van der Waals surface area contributed by atoms with Crippen molar-refractivity contribution in [2.24, 2.45) is 0 Å². The van der Waals surface area contributed by atoms with Crippen LogP contribution in [-0.4, -0.2) is 23.6 Å². The highest BCUT2D eigenvalue weighted by atomic mass is 35.5. The van der Waals surface area contributed by atoms with Crippen molar-refractivity contribution in [3.8, 4) is 0 Å². The summed E-state index contributed by atoms with van der Waals surface area (Å²) in [4.78, 5) is 16.0. The molecule has 0 fully saturated rings. The Kier molecular flexibility index (Phi) is 6.02. The number of rotatable bonds is 6. The molecule has 0 N–H and O–H groups in total. The van der Waals surface area contributed by atoms with Crippen LogP contribution in [-0.2, 0) is 22.4 Å². The number of sulfone groups is 1. The van der Waals surface area contributed by atoms with Crippen molar-refractivity contribution in [3.63, 3.8) is 0 Å². The van der Waals surface area contributed by atoms with Gasteiger partial charge < -0.3 is 4.40 Å². The van der Waals surface area contributed by atoms with Gasteiger partial charge in [-0.15, -0.1) is 0 Å². The summed E-state index contributed by atoms with van der Waals surface area (Å²) in [6.07, 6.45) is 0.874. The van der Waals surface area contributed by atoms with Crippen molar-refractivity contribution >= 4 is 32.9 Å². The van der Waals surface area contributed by atoms with Gasteiger partial charge in [-0.2, -0.15) is 13.2 Å². The molecule has 0 saturated carbocycles. The number of benzene rings is 2. The van der Waals surface area contributed by atoms with Crippen LogP contribution in [0, 0.1) is 0 Å². The molecule has 0 bridgehead atoms. The fourth-order valence-corrected chi connectivity index (χ4v) is 4.86. The standard InChI is InChI=1S/C23H16ClF3N2O3S/c24-20-8-7-18(13-19(20)23(25,26)27)33(31,32)17-5-1-15(2-6-17)3-9-21(30)16-4-10-22-28-11-12-29(22)14-16/h1-2,4-8,10-14H,3,9H2. The van der Waals surface area contributed by atoms with Crippen molar-refractivity contribution in [2.75, 3.05) is 0 Å². The zero-order valence-corrected chi connectivity index (χ0v) is 18.5. The normalized spacial score (nSPS) is 12.2. The van der Waals surface area contributed by atoms with Crippen LogP contribution in [0.2, 0.25) is 5.02 Å². The van der Waals surface area contributed by atoms with Gasteiger partial charge in [0, 0.05) is 30.6 Å². The number of fused-ring (bicyclic) bond motifs is 1. The average Bonchev–Trinajstić information content (AvgIpc) is 3.25. The third-order valence-electron chi connectivity index (χ3n) is 5.14. The van der Waals surface area contributed by atoms with Crippen molar-refractivity contribution < 1.29 is 26.4 Å². The second kappa shape index (κ2) is 8.64. The van der Waals surface area contributed by atoms with Crippen LogP contribution in [0.15, 0.2) is 83.0 Å². The monoisotopic (exact) mass is 492 g/mol. The summed E-state index contributed by atoms with van der Waals surface area (Å²) in [6, 6.07) is 11.6. The first-order valence-electron chi connectivity index (χ1n) is 9.72. The maximum atomic E-state index is 13.1. The SMILES string of the molecule is O=C(CCc1ccc(S(=O)(=O)c2ccc(Cl)c(C(F)(F)F)c2)cc1)c1ccc2nccn2c1. The first kappa shape index (κ1) is 23.0. The van der Waals surface area contributed by atoms with Gasteiger partial charge in [0.05, 0.1) is 20.4 Å². The minimum Gasteiger partial charge on any atom is -0.306 e. The fourth-order valence-electron chi connectivity index (χ4n) is 3.35. The highest BCUT2D eigenvalue weighted by molar-refractivity contribution is 7.91. The van der Waals surface area contributed by atoms with Crippen LogP contribution in [0.5, 0.6) is 0 Å². The minimum absolute atomic E-state index is 0.0804. The average molecular weight is 493 g/mol. The van der Waals surface area contributed by atoms with E-state index in [1.54, 1.807) is 47.3 Å². The lowest BCUT2D eigenvalue weighted by atomic mass is 10.0. The Balaban J connectivity index is 1.49. The summed E-state index contributed by atoms with van der Waals surface area (Å²) in [5.41, 5.74) is 0.765. The van der Waals surface area contributed by atoms with Crippen LogP contribution >= 0.6 is 11.6 Å². The molecule has 0 atom stereocenters. The lowest BCUT2D eigenvalue weighted by molar-refractivity contribution is -0.137. The Labute approximate surface area is 192 Å². The maximum Gasteiger partial charge on any atom is 0.417 e. The van der Waals surface area contributed by atoms with E-state index in [-0.39, 0.29) is 17.1 Å². The van der Waals surface area contributed by atoms with Gasteiger partial charge in [-0.3, -0.25) is 4.79 Å². The van der Waals surface area contributed by atoms with Gasteiger partial charge in [0.15, 0.2) is 5.78 Å². The predicted octanol–water partition coefficient (Wildman–Crippen LogP) is 5.65. The fraction of sp³-hybridized carbons (Fsp3) is 0.130. The van der Waals surface area contributed by atoms with Gasteiger partial charge in [-0.1, -0.05) is 23.7 Å². The molecule has 2 aromatic heterocycles. The molecule has 2 aromatic carbocycles. The van der Waals surface area contributed by atoms with Crippen molar-refractivity contribution in [1.29, 1.82) is 0 Å². The summed E-state index contributed by atoms with van der Waals surface area (Å²) in [5.74, 6) is -0.0804. The van der Waals surface area contributed by atoms with E-state index in [2.05, 4.69) is 4.98 Å². The van der Waals surface area contributed by atoms with E-state index < -0.39 is 31.5 Å². The van der Waals surface area contributed by atoms with Crippen molar-refractivity contribution in [1.82, 2.24) is 9.38 Å². The maximum absolute atomic E-state index is 13.1. The van der Waals surface area contributed by atoms with E-state index in [0.717, 1.165) is 23.3 Å². The first-order valence-corrected chi connectivity index (χ1v) is 11.6. The summed E-state index contributed by atoms with van der Waals surface area (Å²) in [6.45, 7) is 0. The number of imidazole rings is 1. The van der Waals surface area contributed by atoms with Crippen LogP contribution in [0.4, 0.5) is 13.2 Å². The molecule has 0 unspecified atom stereocenters. The van der Waals surface area contributed by atoms with Gasteiger partial charge in [-0.05, 0) is 54.4 Å². The van der Waals surface area contributed by atoms with E-state index >= 15 is 0 Å². The third-order valence-corrected chi connectivity index (χ3v) is 7.24. The minimum atomic E-state index is -4.78. The molecule has 0 aliphatic heterocycles. The molecular formula is C23H16ClF3N2O3S. The summed E-state index contributed by atoms with van der Waals surface area (Å²) < 4.78 is 66.6. The Bertz CT molecular complexity index is 1450. The van der Waals surface area contributed by atoms with Crippen LogP contribution in [0.3, 0.4) is 0 Å². The number of ketones is 1. The topological polar surface area (TPSA) is 68.5 Å². The molecule has 170 valence electrons. The lowest BCUT2D eigenvalue weighted by Crippen LogP contribution is -2.09.